The van der Waals surface area contributed by atoms with Crippen molar-refractivity contribution in [2.45, 2.75) is 6.42 Å². The van der Waals surface area contributed by atoms with E-state index in [0.29, 0.717) is 17.3 Å². The van der Waals surface area contributed by atoms with E-state index in [2.05, 4.69) is 15.0 Å². The summed E-state index contributed by atoms with van der Waals surface area (Å²) < 4.78 is 5.29. The van der Waals surface area contributed by atoms with Crippen LogP contribution in [0.3, 0.4) is 0 Å². The van der Waals surface area contributed by atoms with Crippen molar-refractivity contribution in [3.63, 3.8) is 0 Å². The van der Waals surface area contributed by atoms with Gasteiger partial charge < -0.3 is 4.74 Å². The summed E-state index contributed by atoms with van der Waals surface area (Å²) in [6.07, 6.45) is 3.87. The number of methoxy groups -OCH3 is 1. The van der Waals surface area contributed by atoms with Crippen molar-refractivity contribution < 1.29 is 4.74 Å². The Labute approximate surface area is 121 Å². The average Bonchev–Trinajstić information content (AvgIpc) is 2.48. The lowest BCUT2D eigenvalue weighted by atomic mass is 10.0. The standard InChI is InChI=1S/C15H12ClN3O/c1-20-14-13(18-9-19-15(14)16)8-10-6-7-17-12-5-3-2-4-11(10)12/h2-7,9H,8H2,1H3. The minimum absolute atomic E-state index is 0.330. The molecule has 100 valence electrons. The van der Waals surface area contributed by atoms with Gasteiger partial charge in [-0.05, 0) is 17.7 Å². The Morgan fingerprint density at radius 2 is 1.95 bits per heavy atom. The van der Waals surface area contributed by atoms with Gasteiger partial charge in [0.1, 0.15) is 6.33 Å². The fourth-order valence-electron chi connectivity index (χ4n) is 2.20. The number of hydrogen-bond donors (Lipinski definition) is 0. The molecular formula is C15H12ClN3O. The molecule has 5 heteroatoms. The van der Waals surface area contributed by atoms with Gasteiger partial charge in [-0.2, -0.15) is 0 Å². The fourth-order valence-corrected chi connectivity index (χ4v) is 2.43. The molecule has 4 nitrogen and oxygen atoms in total. The van der Waals surface area contributed by atoms with Crippen molar-refractivity contribution in [2.24, 2.45) is 0 Å². The van der Waals surface area contributed by atoms with Gasteiger partial charge in [0.15, 0.2) is 10.9 Å². The number of halogens is 1. The molecule has 0 amide bonds. The third-order valence-corrected chi connectivity index (χ3v) is 3.40. The van der Waals surface area contributed by atoms with E-state index in [1.165, 1.54) is 6.33 Å². The van der Waals surface area contributed by atoms with Crippen LogP contribution in [0.1, 0.15) is 11.3 Å². The molecule has 0 bridgehead atoms. The first-order valence-corrected chi connectivity index (χ1v) is 6.53. The van der Waals surface area contributed by atoms with E-state index in [-0.39, 0.29) is 0 Å². The minimum Gasteiger partial charge on any atom is -0.492 e. The van der Waals surface area contributed by atoms with Crippen LogP contribution in [0.2, 0.25) is 5.15 Å². The van der Waals surface area contributed by atoms with E-state index in [1.807, 2.05) is 30.3 Å². The van der Waals surface area contributed by atoms with Crippen molar-refractivity contribution in [1.29, 1.82) is 0 Å². The fraction of sp³-hybridized carbons (Fsp3) is 0.133. The smallest absolute Gasteiger partial charge is 0.178 e. The molecular weight excluding hydrogens is 274 g/mol. The molecule has 20 heavy (non-hydrogen) atoms. The number of pyridine rings is 1. The van der Waals surface area contributed by atoms with Crippen LogP contribution in [-0.2, 0) is 6.42 Å². The summed E-state index contributed by atoms with van der Waals surface area (Å²) >= 11 is 6.03. The SMILES string of the molecule is COc1c(Cl)ncnc1Cc1ccnc2ccccc12. The maximum atomic E-state index is 6.03. The van der Waals surface area contributed by atoms with Gasteiger partial charge in [-0.25, -0.2) is 9.97 Å². The van der Waals surface area contributed by atoms with Crippen LogP contribution in [0.15, 0.2) is 42.9 Å². The number of para-hydroxylation sites is 1. The number of aromatic nitrogens is 3. The van der Waals surface area contributed by atoms with Crippen LogP contribution < -0.4 is 4.74 Å². The monoisotopic (exact) mass is 285 g/mol. The van der Waals surface area contributed by atoms with Gasteiger partial charge >= 0.3 is 0 Å². The molecule has 0 saturated carbocycles. The third-order valence-electron chi connectivity index (χ3n) is 3.14. The van der Waals surface area contributed by atoms with Gasteiger partial charge in [0.25, 0.3) is 0 Å². The van der Waals surface area contributed by atoms with E-state index in [9.17, 15) is 0 Å². The third kappa shape index (κ3) is 2.30. The molecule has 0 unspecified atom stereocenters. The second-order valence-corrected chi connectivity index (χ2v) is 4.67. The number of fused-ring (bicyclic) bond motifs is 1. The molecule has 1 aromatic carbocycles. The maximum absolute atomic E-state index is 6.03. The minimum atomic E-state index is 0.330. The van der Waals surface area contributed by atoms with Crippen LogP contribution in [0.5, 0.6) is 5.75 Å². The van der Waals surface area contributed by atoms with Crippen molar-refractivity contribution in [1.82, 2.24) is 15.0 Å². The van der Waals surface area contributed by atoms with Crippen molar-refractivity contribution in [3.05, 3.63) is 59.3 Å². The van der Waals surface area contributed by atoms with Crippen LogP contribution in [0, 0.1) is 0 Å². The Hall–Kier alpha value is -2.20. The second kappa shape index (κ2) is 5.43. The Morgan fingerprint density at radius 3 is 2.80 bits per heavy atom. The lowest BCUT2D eigenvalue weighted by Gasteiger charge is -2.09. The lowest BCUT2D eigenvalue weighted by molar-refractivity contribution is 0.406. The van der Waals surface area contributed by atoms with Crippen LogP contribution in [0.4, 0.5) is 0 Å². The highest BCUT2D eigenvalue weighted by atomic mass is 35.5. The Bertz CT molecular complexity index is 756. The second-order valence-electron chi connectivity index (χ2n) is 4.31. The molecule has 0 saturated heterocycles. The van der Waals surface area contributed by atoms with Crippen molar-refractivity contribution >= 4 is 22.5 Å². The molecule has 0 radical (unpaired) electrons. The molecule has 3 aromatic rings. The molecule has 0 aliphatic carbocycles. The average molecular weight is 286 g/mol. The van der Waals surface area contributed by atoms with Gasteiger partial charge in [-0.1, -0.05) is 29.8 Å². The van der Waals surface area contributed by atoms with Gasteiger partial charge in [0.05, 0.1) is 18.3 Å². The van der Waals surface area contributed by atoms with E-state index in [1.54, 1.807) is 13.3 Å². The molecule has 2 aromatic heterocycles. The van der Waals surface area contributed by atoms with E-state index in [0.717, 1.165) is 22.2 Å². The predicted molar refractivity (Wildman–Crippen MR) is 78.1 cm³/mol. The first-order valence-electron chi connectivity index (χ1n) is 6.15. The molecule has 0 aliphatic rings. The Morgan fingerprint density at radius 1 is 1.10 bits per heavy atom. The molecule has 3 rings (SSSR count). The van der Waals surface area contributed by atoms with E-state index < -0.39 is 0 Å². The highest BCUT2D eigenvalue weighted by Gasteiger charge is 2.12. The van der Waals surface area contributed by atoms with Crippen molar-refractivity contribution in [2.75, 3.05) is 7.11 Å². The zero-order valence-corrected chi connectivity index (χ0v) is 11.6. The summed E-state index contributed by atoms with van der Waals surface area (Å²) in [4.78, 5) is 12.6. The molecule has 0 spiro atoms. The first-order chi connectivity index (χ1) is 9.79. The lowest BCUT2D eigenvalue weighted by Crippen LogP contribution is -2.00. The van der Waals surface area contributed by atoms with Gasteiger partial charge in [-0.3, -0.25) is 4.98 Å². The Balaban J connectivity index is 2.08. The van der Waals surface area contributed by atoms with Crippen LogP contribution in [-0.4, -0.2) is 22.1 Å². The summed E-state index contributed by atoms with van der Waals surface area (Å²) in [5.41, 5.74) is 2.86. The number of ether oxygens (including phenoxy) is 1. The number of nitrogens with zero attached hydrogens (tertiary/aromatic N) is 3. The topological polar surface area (TPSA) is 47.9 Å². The molecule has 0 N–H and O–H groups in total. The number of rotatable bonds is 3. The van der Waals surface area contributed by atoms with E-state index >= 15 is 0 Å². The van der Waals surface area contributed by atoms with E-state index in [4.69, 9.17) is 16.3 Å². The zero-order chi connectivity index (χ0) is 13.9. The molecule has 0 aliphatic heterocycles. The zero-order valence-electron chi connectivity index (χ0n) is 10.9. The highest BCUT2D eigenvalue weighted by molar-refractivity contribution is 6.30. The normalized spacial score (nSPS) is 10.7. The van der Waals surface area contributed by atoms with Crippen LogP contribution >= 0.6 is 11.6 Å². The number of benzene rings is 1. The summed E-state index contributed by atoms with van der Waals surface area (Å²) in [5.74, 6) is 0.523. The number of hydrogen-bond acceptors (Lipinski definition) is 4. The summed E-state index contributed by atoms with van der Waals surface area (Å²) in [7, 11) is 1.57. The molecule has 2 heterocycles. The Kier molecular flexibility index (Phi) is 3.48. The first kappa shape index (κ1) is 12.8. The summed E-state index contributed by atoms with van der Waals surface area (Å²) in [6.45, 7) is 0. The van der Waals surface area contributed by atoms with Crippen LogP contribution in [0.25, 0.3) is 10.9 Å². The quantitative estimate of drug-likeness (QED) is 0.693. The summed E-state index contributed by atoms with van der Waals surface area (Å²) in [6, 6.07) is 9.99. The van der Waals surface area contributed by atoms with Gasteiger partial charge in [-0.15, -0.1) is 0 Å². The maximum Gasteiger partial charge on any atom is 0.178 e. The summed E-state index contributed by atoms with van der Waals surface area (Å²) in [5, 5.41) is 1.43. The van der Waals surface area contributed by atoms with Crippen molar-refractivity contribution in [3.8, 4) is 5.75 Å². The molecule has 0 fully saturated rings. The van der Waals surface area contributed by atoms with Gasteiger partial charge in [0.2, 0.25) is 0 Å². The van der Waals surface area contributed by atoms with Gasteiger partial charge in [0, 0.05) is 18.0 Å². The highest BCUT2D eigenvalue weighted by Crippen LogP contribution is 2.27. The molecule has 0 atom stereocenters. The predicted octanol–water partition coefficient (Wildman–Crippen LogP) is 3.28. The largest absolute Gasteiger partial charge is 0.492 e.